The maximum Gasteiger partial charge on any atom is 0.329 e. The van der Waals surface area contributed by atoms with Gasteiger partial charge in [0.25, 0.3) is 5.56 Å². The van der Waals surface area contributed by atoms with Crippen LogP contribution in [0.3, 0.4) is 0 Å². The average Bonchev–Trinajstić information content (AvgIpc) is 2.91. The minimum absolute atomic E-state index is 0.216. The number of H-pyrrole nitrogens is 1. The van der Waals surface area contributed by atoms with Crippen LogP contribution in [0.2, 0.25) is 0 Å². The van der Waals surface area contributed by atoms with E-state index in [1.54, 1.807) is 19.2 Å². The van der Waals surface area contributed by atoms with Gasteiger partial charge in [0.1, 0.15) is 5.54 Å². The summed E-state index contributed by atoms with van der Waals surface area (Å²) in [7, 11) is 0. The van der Waals surface area contributed by atoms with E-state index < -0.39 is 17.4 Å². The summed E-state index contributed by atoms with van der Waals surface area (Å²) < 4.78 is 1.25. The van der Waals surface area contributed by atoms with Gasteiger partial charge in [-0.2, -0.15) is 0 Å². The van der Waals surface area contributed by atoms with Crippen molar-refractivity contribution < 1.29 is 14.7 Å². The number of carboxylic acids is 1. The Balaban J connectivity index is 2.27. The maximum absolute atomic E-state index is 12.4. The molecule has 23 heavy (non-hydrogen) atoms. The van der Waals surface area contributed by atoms with E-state index in [-0.39, 0.29) is 17.5 Å². The monoisotopic (exact) mass is 320 g/mol. The van der Waals surface area contributed by atoms with Gasteiger partial charge in [-0.3, -0.25) is 14.7 Å². The Morgan fingerprint density at radius 3 is 2.78 bits per heavy atom. The van der Waals surface area contributed by atoms with E-state index in [2.05, 4.69) is 15.4 Å². The Morgan fingerprint density at radius 1 is 1.48 bits per heavy atom. The van der Waals surface area contributed by atoms with Crippen LogP contribution in [-0.4, -0.2) is 37.1 Å². The minimum Gasteiger partial charge on any atom is -0.480 e. The van der Waals surface area contributed by atoms with Crippen LogP contribution in [-0.2, 0) is 16.0 Å². The molecule has 124 valence electrons. The molecular formula is C15H20N4O4. The fraction of sp³-hybridized carbons (Fsp3) is 0.467. The van der Waals surface area contributed by atoms with Crippen LogP contribution in [0.1, 0.15) is 37.9 Å². The molecule has 0 aliphatic rings. The quantitative estimate of drug-likeness (QED) is 0.722. The standard InChI is InChI=1S/C15H20N4O4/c1-4-6-15(3,14(22)23)18-12(20)8-10-9(2)17-11-5-7-16-19(11)13(10)21/h5,7,16H,4,6,8H2,1-3H3,(H,18,20)(H,22,23). The summed E-state index contributed by atoms with van der Waals surface area (Å²) in [4.78, 5) is 40.2. The Bertz CT molecular complexity index is 807. The summed E-state index contributed by atoms with van der Waals surface area (Å²) in [5.41, 5.74) is -0.540. The van der Waals surface area contributed by atoms with Crippen molar-refractivity contribution in [3.8, 4) is 0 Å². The molecule has 1 unspecified atom stereocenters. The summed E-state index contributed by atoms with van der Waals surface area (Å²) in [6.45, 7) is 4.95. The van der Waals surface area contributed by atoms with Crippen molar-refractivity contribution in [3.63, 3.8) is 0 Å². The summed E-state index contributed by atoms with van der Waals surface area (Å²) in [6, 6.07) is 1.65. The lowest BCUT2D eigenvalue weighted by Crippen LogP contribution is -2.52. The maximum atomic E-state index is 12.4. The lowest BCUT2D eigenvalue weighted by molar-refractivity contribution is -0.147. The number of nitrogens with one attached hydrogen (secondary N) is 2. The van der Waals surface area contributed by atoms with Crippen LogP contribution >= 0.6 is 0 Å². The van der Waals surface area contributed by atoms with E-state index in [1.807, 2.05) is 6.92 Å². The second kappa shape index (κ2) is 6.23. The van der Waals surface area contributed by atoms with Crippen LogP contribution in [0.25, 0.3) is 5.65 Å². The lowest BCUT2D eigenvalue weighted by Gasteiger charge is -2.25. The number of aliphatic carboxylic acids is 1. The molecule has 2 aromatic heterocycles. The lowest BCUT2D eigenvalue weighted by atomic mass is 9.96. The van der Waals surface area contributed by atoms with Crippen molar-refractivity contribution in [3.05, 3.63) is 33.9 Å². The zero-order chi connectivity index (χ0) is 17.2. The molecule has 0 spiro atoms. The number of rotatable bonds is 6. The number of aromatic nitrogens is 3. The van der Waals surface area contributed by atoms with E-state index in [0.717, 1.165) is 0 Å². The van der Waals surface area contributed by atoms with Gasteiger partial charge < -0.3 is 10.4 Å². The first-order valence-corrected chi connectivity index (χ1v) is 7.38. The number of aromatic amines is 1. The first-order valence-electron chi connectivity index (χ1n) is 7.38. The predicted molar refractivity (Wildman–Crippen MR) is 83.3 cm³/mol. The summed E-state index contributed by atoms with van der Waals surface area (Å²) in [5.74, 6) is -1.61. The van der Waals surface area contributed by atoms with Crippen LogP contribution < -0.4 is 10.9 Å². The Labute approximate surface area is 132 Å². The molecule has 8 nitrogen and oxygen atoms in total. The van der Waals surface area contributed by atoms with Gasteiger partial charge in [-0.1, -0.05) is 13.3 Å². The van der Waals surface area contributed by atoms with Crippen molar-refractivity contribution >= 4 is 17.5 Å². The van der Waals surface area contributed by atoms with Crippen molar-refractivity contribution in [2.45, 2.75) is 45.6 Å². The van der Waals surface area contributed by atoms with Gasteiger partial charge in [0.05, 0.1) is 6.42 Å². The van der Waals surface area contributed by atoms with Crippen molar-refractivity contribution in [2.75, 3.05) is 0 Å². The molecule has 0 aromatic carbocycles. The second-order valence-electron chi connectivity index (χ2n) is 5.75. The molecule has 2 heterocycles. The predicted octanol–water partition coefficient (Wildman–Crippen LogP) is 0.633. The molecule has 0 saturated carbocycles. The van der Waals surface area contributed by atoms with Crippen LogP contribution in [0, 0.1) is 6.92 Å². The van der Waals surface area contributed by atoms with E-state index in [0.29, 0.717) is 24.2 Å². The molecule has 1 atom stereocenters. The SMILES string of the molecule is CCCC(C)(NC(=O)Cc1c(C)nc2cc[nH]n2c1=O)C(=O)O. The molecule has 0 radical (unpaired) electrons. The fourth-order valence-electron chi connectivity index (χ4n) is 2.54. The third kappa shape index (κ3) is 3.25. The van der Waals surface area contributed by atoms with E-state index in [9.17, 15) is 19.5 Å². The van der Waals surface area contributed by atoms with Gasteiger partial charge in [0.2, 0.25) is 5.91 Å². The topological polar surface area (TPSA) is 117 Å². The Kier molecular flexibility index (Phi) is 4.53. The Morgan fingerprint density at radius 2 is 2.17 bits per heavy atom. The molecule has 1 amide bonds. The molecule has 0 aliphatic heterocycles. The highest BCUT2D eigenvalue weighted by atomic mass is 16.4. The first-order chi connectivity index (χ1) is 10.8. The van der Waals surface area contributed by atoms with Crippen molar-refractivity contribution in [1.29, 1.82) is 0 Å². The smallest absolute Gasteiger partial charge is 0.329 e. The number of amides is 1. The molecule has 2 rings (SSSR count). The summed E-state index contributed by atoms with van der Waals surface area (Å²) >= 11 is 0. The first kappa shape index (κ1) is 16.7. The molecule has 0 aliphatic carbocycles. The number of carbonyl (C=O) groups excluding carboxylic acids is 1. The molecule has 3 N–H and O–H groups in total. The van der Waals surface area contributed by atoms with Gasteiger partial charge >= 0.3 is 5.97 Å². The summed E-state index contributed by atoms with van der Waals surface area (Å²) in [5, 5.41) is 14.5. The summed E-state index contributed by atoms with van der Waals surface area (Å²) in [6.07, 6.45) is 2.28. The van der Waals surface area contributed by atoms with Crippen LogP contribution in [0.4, 0.5) is 0 Å². The highest BCUT2D eigenvalue weighted by Crippen LogP contribution is 2.13. The number of aryl methyl sites for hydroxylation is 1. The van der Waals surface area contributed by atoms with E-state index in [1.165, 1.54) is 11.4 Å². The largest absolute Gasteiger partial charge is 0.480 e. The molecule has 0 saturated heterocycles. The molecule has 0 fully saturated rings. The number of carboxylic acid groups (broad SMARTS) is 1. The molecule has 2 aromatic rings. The third-order valence-electron chi connectivity index (χ3n) is 3.82. The number of hydrogen-bond donors (Lipinski definition) is 3. The Hall–Kier alpha value is -2.64. The van der Waals surface area contributed by atoms with Crippen molar-refractivity contribution in [2.24, 2.45) is 0 Å². The van der Waals surface area contributed by atoms with Gasteiger partial charge in [-0.15, -0.1) is 0 Å². The van der Waals surface area contributed by atoms with Gasteiger partial charge in [0, 0.05) is 23.5 Å². The normalized spacial score (nSPS) is 13.7. The van der Waals surface area contributed by atoms with Crippen molar-refractivity contribution in [1.82, 2.24) is 19.9 Å². The number of nitrogens with zero attached hydrogens (tertiary/aromatic N) is 2. The van der Waals surface area contributed by atoms with Crippen LogP contribution in [0.15, 0.2) is 17.1 Å². The number of carbonyl (C=O) groups is 2. The van der Waals surface area contributed by atoms with Gasteiger partial charge in [-0.25, -0.2) is 14.3 Å². The molecule has 0 bridgehead atoms. The fourth-order valence-corrected chi connectivity index (χ4v) is 2.54. The second-order valence-corrected chi connectivity index (χ2v) is 5.75. The number of fused-ring (bicyclic) bond motifs is 1. The molecule has 8 heteroatoms. The van der Waals surface area contributed by atoms with E-state index in [4.69, 9.17) is 0 Å². The highest BCUT2D eigenvalue weighted by Gasteiger charge is 2.34. The van der Waals surface area contributed by atoms with Crippen LogP contribution in [0.5, 0.6) is 0 Å². The minimum atomic E-state index is -1.35. The van der Waals surface area contributed by atoms with Gasteiger partial charge in [0.15, 0.2) is 5.65 Å². The van der Waals surface area contributed by atoms with E-state index >= 15 is 0 Å². The molecular weight excluding hydrogens is 300 g/mol. The third-order valence-corrected chi connectivity index (χ3v) is 3.82. The average molecular weight is 320 g/mol. The number of hydrogen-bond acceptors (Lipinski definition) is 4. The zero-order valence-corrected chi connectivity index (χ0v) is 13.3. The highest BCUT2D eigenvalue weighted by molar-refractivity contribution is 5.87. The van der Waals surface area contributed by atoms with Gasteiger partial charge in [-0.05, 0) is 20.3 Å². The zero-order valence-electron chi connectivity index (χ0n) is 13.3.